The van der Waals surface area contributed by atoms with E-state index in [2.05, 4.69) is 10.3 Å². The summed E-state index contributed by atoms with van der Waals surface area (Å²) in [7, 11) is 1.62. The molecule has 0 unspecified atom stereocenters. The summed E-state index contributed by atoms with van der Waals surface area (Å²) in [4.78, 5) is 29.1. The number of aromatic nitrogens is 2. The van der Waals surface area contributed by atoms with Gasteiger partial charge in [-0.2, -0.15) is 0 Å². The highest BCUT2D eigenvalue weighted by atomic mass is 19.1. The summed E-state index contributed by atoms with van der Waals surface area (Å²) in [5, 5.41) is 2.66. The summed E-state index contributed by atoms with van der Waals surface area (Å²) in [6.07, 6.45) is 0. The molecule has 0 bridgehead atoms. The molecule has 0 radical (unpaired) electrons. The largest absolute Gasteiger partial charge is 0.346 e. The second-order valence-corrected chi connectivity index (χ2v) is 6.06. The Morgan fingerprint density at radius 3 is 2.48 bits per heavy atom. The molecular weight excluding hydrogens is 321 g/mol. The third kappa shape index (κ3) is 3.28. The lowest BCUT2D eigenvalue weighted by molar-refractivity contribution is 0.0944. The normalized spacial score (nSPS) is 10.9. The fraction of sp³-hybridized carbons (Fsp3) is 0.211. The molecule has 0 fully saturated rings. The molecule has 0 spiro atoms. The van der Waals surface area contributed by atoms with Gasteiger partial charge in [0.05, 0.1) is 11.0 Å². The van der Waals surface area contributed by atoms with Crippen LogP contribution in [0.1, 0.15) is 27.2 Å². The highest BCUT2D eigenvalue weighted by Crippen LogP contribution is 2.16. The SMILES string of the molecule is Cc1cc2nc(C(=O)NCc3ccc(F)cc3)c(=O)n(C)c2cc1C. The van der Waals surface area contributed by atoms with Gasteiger partial charge in [-0.15, -0.1) is 0 Å². The molecule has 1 heterocycles. The van der Waals surface area contributed by atoms with Gasteiger partial charge in [-0.05, 0) is 54.8 Å². The van der Waals surface area contributed by atoms with Crippen molar-refractivity contribution in [2.24, 2.45) is 7.05 Å². The molecule has 25 heavy (non-hydrogen) atoms. The number of carbonyl (C=O) groups is 1. The summed E-state index contributed by atoms with van der Waals surface area (Å²) in [5.74, 6) is -0.893. The maximum atomic E-state index is 12.9. The third-order valence-corrected chi connectivity index (χ3v) is 4.27. The molecule has 1 amide bonds. The van der Waals surface area contributed by atoms with Crippen molar-refractivity contribution in [1.82, 2.24) is 14.9 Å². The Balaban J connectivity index is 1.93. The standard InChI is InChI=1S/C19H18FN3O2/c1-11-8-15-16(9-12(11)2)23(3)19(25)17(22-15)18(24)21-10-13-4-6-14(20)7-5-13/h4-9H,10H2,1-3H3,(H,21,24). The number of amides is 1. The molecule has 3 aromatic rings. The summed E-state index contributed by atoms with van der Waals surface area (Å²) in [6, 6.07) is 9.54. The maximum absolute atomic E-state index is 12.9. The summed E-state index contributed by atoms with van der Waals surface area (Å²) in [5.41, 5.74) is 3.50. The zero-order chi connectivity index (χ0) is 18.1. The molecule has 3 rings (SSSR count). The number of hydrogen-bond donors (Lipinski definition) is 1. The average molecular weight is 339 g/mol. The van der Waals surface area contributed by atoms with Crippen LogP contribution in [0.15, 0.2) is 41.2 Å². The van der Waals surface area contributed by atoms with Crippen LogP contribution in [0, 0.1) is 19.7 Å². The van der Waals surface area contributed by atoms with Gasteiger partial charge in [-0.25, -0.2) is 9.37 Å². The number of benzene rings is 2. The van der Waals surface area contributed by atoms with Gasteiger partial charge in [0, 0.05) is 13.6 Å². The molecule has 1 aromatic heterocycles. The molecule has 0 aliphatic carbocycles. The Morgan fingerprint density at radius 1 is 1.16 bits per heavy atom. The van der Waals surface area contributed by atoms with Gasteiger partial charge in [-0.1, -0.05) is 12.1 Å². The molecule has 1 N–H and O–H groups in total. The van der Waals surface area contributed by atoms with Gasteiger partial charge in [-0.3, -0.25) is 9.59 Å². The van der Waals surface area contributed by atoms with Crippen molar-refractivity contribution >= 4 is 16.9 Å². The molecule has 0 aliphatic heterocycles. The molecule has 0 atom stereocenters. The van der Waals surface area contributed by atoms with Crippen LogP contribution in [0.5, 0.6) is 0 Å². The smallest absolute Gasteiger partial charge is 0.282 e. The summed E-state index contributed by atoms with van der Waals surface area (Å²) in [6.45, 7) is 4.10. The van der Waals surface area contributed by atoms with Gasteiger partial charge < -0.3 is 9.88 Å². The fourth-order valence-corrected chi connectivity index (χ4v) is 2.60. The van der Waals surface area contributed by atoms with Crippen LogP contribution >= 0.6 is 0 Å². The topological polar surface area (TPSA) is 64.0 Å². The van der Waals surface area contributed by atoms with E-state index >= 15 is 0 Å². The molecular formula is C19H18FN3O2. The first-order valence-corrected chi connectivity index (χ1v) is 7.87. The molecule has 0 aliphatic rings. The van der Waals surface area contributed by atoms with Crippen molar-refractivity contribution in [3.63, 3.8) is 0 Å². The van der Waals surface area contributed by atoms with Crippen LogP contribution in [-0.4, -0.2) is 15.5 Å². The van der Waals surface area contributed by atoms with Crippen molar-refractivity contribution in [3.8, 4) is 0 Å². The van der Waals surface area contributed by atoms with E-state index in [1.165, 1.54) is 16.7 Å². The number of halogens is 1. The Labute approximate surface area is 144 Å². The van der Waals surface area contributed by atoms with E-state index in [0.717, 1.165) is 16.7 Å². The van der Waals surface area contributed by atoms with Crippen molar-refractivity contribution in [2.45, 2.75) is 20.4 Å². The van der Waals surface area contributed by atoms with Crippen LogP contribution in [0.25, 0.3) is 11.0 Å². The number of fused-ring (bicyclic) bond motifs is 1. The van der Waals surface area contributed by atoms with Gasteiger partial charge >= 0.3 is 0 Å². The Bertz CT molecular complexity index is 1020. The van der Waals surface area contributed by atoms with Crippen LogP contribution in [0.3, 0.4) is 0 Å². The Hall–Kier alpha value is -3.02. The zero-order valence-electron chi connectivity index (χ0n) is 14.3. The second kappa shape index (κ2) is 6.47. The van der Waals surface area contributed by atoms with Crippen molar-refractivity contribution in [2.75, 3.05) is 0 Å². The first-order valence-electron chi connectivity index (χ1n) is 7.87. The Kier molecular flexibility index (Phi) is 4.35. The molecule has 6 heteroatoms. The van der Waals surface area contributed by atoms with Gasteiger partial charge in [0.1, 0.15) is 5.82 Å². The second-order valence-electron chi connectivity index (χ2n) is 6.06. The third-order valence-electron chi connectivity index (χ3n) is 4.27. The highest BCUT2D eigenvalue weighted by Gasteiger charge is 2.16. The number of aryl methyl sites for hydroxylation is 3. The first-order chi connectivity index (χ1) is 11.9. The molecule has 0 saturated carbocycles. The predicted octanol–water partition coefficient (Wildman–Crippen LogP) is 2.62. The number of nitrogens with one attached hydrogen (secondary N) is 1. The minimum Gasteiger partial charge on any atom is -0.346 e. The van der Waals surface area contributed by atoms with Crippen LogP contribution in [0.2, 0.25) is 0 Å². The van der Waals surface area contributed by atoms with E-state index in [-0.39, 0.29) is 18.1 Å². The lowest BCUT2D eigenvalue weighted by Crippen LogP contribution is -2.33. The summed E-state index contributed by atoms with van der Waals surface area (Å²) >= 11 is 0. The van der Waals surface area contributed by atoms with Crippen molar-refractivity contribution in [3.05, 3.63) is 75.0 Å². The zero-order valence-corrected chi connectivity index (χ0v) is 14.3. The van der Waals surface area contributed by atoms with Gasteiger partial charge in [0.25, 0.3) is 11.5 Å². The van der Waals surface area contributed by atoms with E-state index in [1.807, 2.05) is 26.0 Å². The number of nitrogens with zero attached hydrogens (tertiary/aromatic N) is 2. The van der Waals surface area contributed by atoms with Gasteiger partial charge in [0.15, 0.2) is 5.69 Å². The highest BCUT2D eigenvalue weighted by molar-refractivity contribution is 5.94. The van der Waals surface area contributed by atoms with E-state index in [4.69, 9.17) is 0 Å². The maximum Gasteiger partial charge on any atom is 0.282 e. The van der Waals surface area contributed by atoms with Gasteiger partial charge in [0.2, 0.25) is 0 Å². The average Bonchev–Trinajstić information content (AvgIpc) is 2.59. The molecule has 128 valence electrons. The summed E-state index contributed by atoms with van der Waals surface area (Å²) < 4.78 is 14.3. The molecule has 5 nitrogen and oxygen atoms in total. The quantitative estimate of drug-likeness (QED) is 0.798. The fourth-order valence-electron chi connectivity index (χ4n) is 2.60. The monoisotopic (exact) mass is 339 g/mol. The first kappa shape index (κ1) is 16.8. The number of carbonyl (C=O) groups excluding carboxylic acids is 1. The van der Waals surface area contributed by atoms with E-state index < -0.39 is 11.5 Å². The minimum atomic E-state index is -0.551. The molecule has 2 aromatic carbocycles. The van der Waals surface area contributed by atoms with E-state index in [9.17, 15) is 14.0 Å². The number of rotatable bonds is 3. The van der Waals surface area contributed by atoms with E-state index in [0.29, 0.717) is 11.0 Å². The van der Waals surface area contributed by atoms with Crippen molar-refractivity contribution < 1.29 is 9.18 Å². The number of hydrogen-bond acceptors (Lipinski definition) is 3. The lowest BCUT2D eigenvalue weighted by atomic mass is 10.1. The Morgan fingerprint density at radius 2 is 1.80 bits per heavy atom. The van der Waals surface area contributed by atoms with E-state index in [1.54, 1.807) is 19.2 Å². The predicted molar refractivity (Wildman–Crippen MR) is 94.0 cm³/mol. The minimum absolute atomic E-state index is 0.152. The van der Waals surface area contributed by atoms with Crippen LogP contribution in [-0.2, 0) is 13.6 Å². The van der Waals surface area contributed by atoms with Crippen molar-refractivity contribution in [1.29, 1.82) is 0 Å². The van der Waals surface area contributed by atoms with Crippen LogP contribution < -0.4 is 10.9 Å². The van der Waals surface area contributed by atoms with Crippen LogP contribution in [0.4, 0.5) is 4.39 Å². The lowest BCUT2D eigenvalue weighted by Gasteiger charge is -2.10. The molecule has 0 saturated heterocycles.